The summed E-state index contributed by atoms with van der Waals surface area (Å²) in [5.74, 6) is 0.247. The number of nitrogens with zero attached hydrogens (tertiary/aromatic N) is 2. The van der Waals surface area contributed by atoms with Crippen LogP contribution >= 0.6 is 22.9 Å². The average Bonchev–Trinajstić information content (AvgIpc) is 2.77. The normalized spacial score (nSPS) is 11.5. The minimum atomic E-state index is -3.79. The van der Waals surface area contributed by atoms with Crippen molar-refractivity contribution in [1.82, 2.24) is 4.98 Å². The molecule has 0 spiro atoms. The number of aromatic nitrogens is 1. The van der Waals surface area contributed by atoms with E-state index in [-0.39, 0.29) is 10.6 Å². The second-order valence-corrected chi connectivity index (χ2v) is 7.96. The van der Waals surface area contributed by atoms with Gasteiger partial charge < -0.3 is 4.74 Å². The maximum Gasteiger partial charge on any atom is 0.269 e. The number of anilines is 1. The monoisotopic (exact) mass is 346 g/mol. The van der Waals surface area contributed by atoms with Crippen molar-refractivity contribution in [2.45, 2.75) is 18.7 Å². The third kappa shape index (κ3) is 3.00. The molecule has 0 atom stereocenters. The average molecular weight is 347 g/mol. The van der Waals surface area contributed by atoms with E-state index < -0.39 is 10.0 Å². The van der Waals surface area contributed by atoms with E-state index >= 15 is 0 Å². The summed E-state index contributed by atoms with van der Waals surface area (Å²) in [7, 11) is -0.907. The van der Waals surface area contributed by atoms with E-state index in [9.17, 15) is 8.42 Å². The number of benzene rings is 1. The summed E-state index contributed by atoms with van der Waals surface area (Å²) in [4.78, 5) is 5.27. The standard InChI is InChI=1S/C13H15ClN2O3S2/c1-8-9(2)20-13(15-8)16(3)21(17,18)12-7-10(14)5-6-11(12)19-4/h5-7H,1-4H3. The Bertz CT molecular complexity index is 752. The molecule has 1 aromatic carbocycles. The molecule has 0 N–H and O–H groups in total. The lowest BCUT2D eigenvalue weighted by molar-refractivity contribution is 0.402. The number of thiazole rings is 1. The largest absolute Gasteiger partial charge is 0.495 e. The van der Waals surface area contributed by atoms with E-state index in [0.29, 0.717) is 10.2 Å². The lowest BCUT2D eigenvalue weighted by Crippen LogP contribution is -2.26. The molecule has 8 heteroatoms. The summed E-state index contributed by atoms with van der Waals surface area (Å²) in [6.45, 7) is 3.74. The van der Waals surface area contributed by atoms with Crippen LogP contribution in [0.3, 0.4) is 0 Å². The molecule has 0 aliphatic carbocycles. The van der Waals surface area contributed by atoms with Gasteiger partial charge in [0.05, 0.1) is 12.8 Å². The van der Waals surface area contributed by atoms with E-state index in [4.69, 9.17) is 16.3 Å². The Morgan fingerprint density at radius 3 is 2.52 bits per heavy atom. The van der Waals surface area contributed by atoms with Crippen LogP contribution in [0, 0.1) is 13.8 Å². The fourth-order valence-electron chi connectivity index (χ4n) is 1.69. The number of sulfonamides is 1. The Labute approximate surface area is 133 Å². The second-order valence-electron chi connectivity index (χ2n) is 4.41. The quantitative estimate of drug-likeness (QED) is 0.852. The van der Waals surface area contributed by atoms with Crippen LogP contribution in [-0.4, -0.2) is 27.6 Å². The molecule has 0 saturated heterocycles. The maximum absolute atomic E-state index is 12.7. The smallest absolute Gasteiger partial charge is 0.269 e. The molecule has 2 aromatic rings. The Kier molecular flexibility index (Phi) is 4.46. The summed E-state index contributed by atoms with van der Waals surface area (Å²) in [6.07, 6.45) is 0. The van der Waals surface area contributed by atoms with Gasteiger partial charge in [0, 0.05) is 16.9 Å². The van der Waals surface area contributed by atoms with E-state index in [1.165, 1.54) is 37.6 Å². The zero-order valence-electron chi connectivity index (χ0n) is 12.0. The van der Waals surface area contributed by atoms with Crippen molar-refractivity contribution in [3.8, 4) is 5.75 Å². The maximum atomic E-state index is 12.7. The summed E-state index contributed by atoms with van der Waals surface area (Å²) < 4.78 is 31.7. The fourth-order valence-corrected chi connectivity index (χ4v) is 4.34. The predicted octanol–water partition coefficient (Wildman–Crippen LogP) is 3.25. The van der Waals surface area contributed by atoms with Crippen LogP contribution in [0.25, 0.3) is 0 Å². The Morgan fingerprint density at radius 1 is 1.33 bits per heavy atom. The number of rotatable bonds is 4. The van der Waals surface area contributed by atoms with E-state index in [1.54, 1.807) is 6.07 Å². The molecule has 0 fully saturated rings. The molecule has 114 valence electrons. The van der Waals surface area contributed by atoms with Crippen molar-refractivity contribution >= 4 is 38.1 Å². The number of aryl methyl sites for hydroxylation is 2. The highest BCUT2D eigenvalue weighted by molar-refractivity contribution is 7.93. The van der Waals surface area contributed by atoms with Crippen LogP contribution in [0.5, 0.6) is 5.75 Å². The molecule has 1 aromatic heterocycles. The lowest BCUT2D eigenvalue weighted by atomic mass is 10.3. The molecule has 0 bridgehead atoms. The van der Waals surface area contributed by atoms with E-state index in [1.807, 2.05) is 13.8 Å². The zero-order chi connectivity index (χ0) is 15.8. The highest BCUT2D eigenvalue weighted by Gasteiger charge is 2.27. The van der Waals surface area contributed by atoms with Crippen molar-refractivity contribution < 1.29 is 13.2 Å². The highest BCUT2D eigenvalue weighted by Crippen LogP contribution is 2.33. The van der Waals surface area contributed by atoms with Crippen LogP contribution in [0.15, 0.2) is 23.1 Å². The summed E-state index contributed by atoms with van der Waals surface area (Å²) >= 11 is 7.23. The van der Waals surface area contributed by atoms with Crippen LogP contribution in [0.1, 0.15) is 10.6 Å². The molecule has 0 aliphatic heterocycles. The second kappa shape index (κ2) is 5.82. The van der Waals surface area contributed by atoms with Crippen molar-refractivity contribution in [3.05, 3.63) is 33.8 Å². The Morgan fingerprint density at radius 2 is 2.00 bits per heavy atom. The van der Waals surface area contributed by atoms with Crippen LogP contribution < -0.4 is 9.04 Å². The van der Waals surface area contributed by atoms with Crippen LogP contribution in [0.4, 0.5) is 5.13 Å². The lowest BCUT2D eigenvalue weighted by Gasteiger charge is -2.18. The molecule has 0 radical (unpaired) electrons. The first kappa shape index (κ1) is 16.1. The number of hydrogen-bond acceptors (Lipinski definition) is 5. The van der Waals surface area contributed by atoms with Gasteiger partial charge in [-0.25, -0.2) is 17.7 Å². The van der Waals surface area contributed by atoms with E-state index in [2.05, 4.69) is 4.98 Å². The molecule has 21 heavy (non-hydrogen) atoms. The van der Waals surface area contributed by atoms with Gasteiger partial charge in [-0.2, -0.15) is 0 Å². The SMILES string of the molecule is COc1ccc(Cl)cc1S(=O)(=O)N(C)c1nc(C)c(C)s1. The van der Waals surface area contributed by atoms with Gasteiger partial charge in [0.25, 0.3) is 10.0 Å². The van der Waals surface area contributed by atoms with Gasteiger partial charge in [-0.1, -0.05) is 11.6 Å². The molecule has 5 nitrogen and oxygen atoms in total. The van der Waals surface area contributed by atoms with Crippen LogP contribution in [-0.2, 0) is 10.0 Å². The van der Waals surface area contributed by atoms with Gasteiger partial charge in [0.2, 0.25) is 0 Å². The van der Waals surface area contributed by atoms with Crippen molar-refractivity contribution in [1.29, 1.82) is 0 Å². The third-order valence-corrected chi connectivity index (χ3v) is 6.32. The van der Waals surface area contributed by atoms with Crippen LogP contribution in [0.2, 0.25) is 5.02 Å². The molecule has 0 unspecified atom stereocenters. The van der Waals surface area contributed by atoms with Crippen molar-refractivity contribution in [2.75, 3.05) is 18.5 Å². The topological polar surface area (TPSA) is 59.5 Å². The van der Waals surface area contributed by atoms with Crippen molar-refractivity contribution in [3.63, 3.8) is 0 Å². The molecule has 0 amide bonds. The van der Waals surface area contributed by atoms with Gasteiger partial charge in [0.15, 0.2) is 5.13 Å². The van der Waals surface area contributed by atoms with E-state index in [0.717, 1.165) is 14.9 Å². The molecular formula is C13H15ClN2O3S2. The molecule has 1 heterocycles. The summed E-state index contributed by atoms with van der Waals surface area (Å²) in [5.41, 5.74) is 0.815. The number of methoxy groups -OCH3 is 1. The first-order valence-corrected chi connectivity index (χ1v) is 8.67. The number of hydrogen-bond donors (Lipinski definition) is 0. The molecular weight excluding hydrogens is 332 g/mol. The summed E-state index contributed by atoms with van der Waals surface area (Å²) in [6, 6.07) is 4.48. The van der Waals surface area contributed by atoms with Crippen molar-refractivity contribution in [2.24, 2.45) is 0 Å². The predicted molar refractivity (Wildman–Crippen MR) is 85.2 cm³/mol. The number of ether oxygens (including phenoxy) is 1. The highest BCUT2D eigenvalue weighted by atomic mass is 35.5. The van der Waals surface area contributed by atoms with Gasteiger partial charge in [0.1, 0.15) is 10.6 Å². The first-order valence-electron chi connectivity index (χ1n) is 6.04. The molecule has 0 saturated carbocycles. The van der Waals surface area contributed by atoms with Gasteiger partial charge in [-0.3, -0.25) is 0 Å². The molecule has 2 rings (SSSR count). The van der Waals surface area contributed by atoms with Gasteiger partial charge in [-0.15, -0.1) is 11.3 Å². The zero-order valence-corrected chi connectivity index (χ0v) is 14.4. The Balaban J connectivity index is 2.53. The minimum absolute atomic E-state index is 0.0190. The molecule has 0 aliphatic rings. The minimum Gasteiger partial charge on any atom is -0.495 e. The van der Waals surface area contributed by atoms with Gasteiger partial charge in [-0.05, 0) is 32.0 Å². The van der Waals surface area contributed by atoms with Gasteiger partial charge >= 0.3 is 0 Å². The third-order valence-electron chi connectivity index (χ3n) is 3.05. The first-order chi connectivity index (χ1) is 9.77. The summed E-state index contributed by atoms with van der Waals surface area (Å²) in [5, 5.41) is 0.737. The Hall–Kier alpha value is -1.31. The number of halogens is 1. The fraction of sp³-hybridized carbons (Fsp3) is 0.308.